The molecule has 0 rings (SSSR count). The number of hydrogen-bond donors (Lipinski definition) is 2. The summed E-state index contributed by atoms with van der Waals surface area (Å²) in [7, 11) is 0. The molecule has 0 aliphatic rings. The largest absolute Gasteiger partial charge is 0.481 e. The number of hydrogen-bond acceptors (Lipinski definition) is 3. The van der Waals surface area contributed by atoms with Crippen LogP contribution in [0.5, 0.6) is 0 Å². The molecule has 0 aromatic carbocycles. The smallest absolute Gasteiger partial charge is 0.307 e. The molecule has 0 saturated heterocycles. The molecule has 0 aliphatic carbocycles. The highest BCUT2D eigenvalue weighted by Gasteiger charge is 2.27. The average molecular weight is 272 g/mol. The Kier molecular flexibility index (Phi) is 9.88. The number of nitrogens with two attached hydrogens (primary N) is 1. The molecule has 4 heteroatoms. The second kappa shape index (κ2) is 10.2. The van der Waals surface area contributed by atoms with E-state index in [0.717, 1.165) is 25.7 Å². The Labute approximate surface area is 118 Å². The number of rotatable bonds is 11. The zero-order valence-corrected chi connectivity index (χ0v) is 13.1. The van der Waals surface area contributed by atoms with Gasteiger partial charge < -0.3 is 10.8 Å². The summed E-state index contributed by atoms with van der Waals surface area (Å²) in [5, 5.41) is 9.33. The van der Waals surface area contributed by atoms with Crippen molar-refractivity contribution in [2.45, 2.75) is 71.9 Å². The van der Waals surface area contributed by atoms with Crippen LogP contribution in [0.25, 0.3) is 0 Å². The maximum Gasteiger partial charge on any atom is 0.307 e. The lowest BCUT2D eigenvalue weighted by molar-refractivity contribution is -0.143. The molecule has 0 amide bonds. The van der Waals surface area contributed by atoms with Gasteiger partial charge in [0.15, 0.2) is 0 Å². The van der Waals surface area contributed by atoms with Gasteiger partial charge in [-0.1, -0.05) is 27.7 Å². The van der Waals surface area contributed by atoms with Crippen LogP contribution in [0.3, 0.4) is 0 Å². The third-order valence-electron chi connectivity index (χ3n) is 4.12. The molecule has 114 valence electrons. The van der Waals surface area contributed by atoms with E-state index in [-0.39, 0.29) is 5.92 Å². The Hall–Kier alpha value is -0.610. The van der Waals surface area contributed by atoms with Gasteiger partial charge in [-0.15, -0.1) is 0 Å². The highest BCUT2D eigenvalue weighted by atomic mass is 16.4. The van der Waals surface area contributed by atoms with Gasteiger partial charge in [-0.25, -0.2) is 0 Å². The molecule has 0 aromatic heterocycles. The Morgan fingerprint density at radius 1 is 1.05 bits per heavy atom. The average Bonchev–Trinajstić information content (AvgIpc) is 2.40. The summed E-state index contributed by atoms with van der Waals surface area (Å²) in [6.45, 7) is 9.80. The Balaban J connectivity index is 4.94. The Morgan fingerprint density at radius 2 is 1.47 bits per heavy atom. The Bertz CT molecular complexity index is 226. The first-order valence-electron chi connectivity index (χ1n) is 7.74. The fraction of sp³-hybridized carbons (Fsp3) is 0.933. The van der Waals surface area contributed by atoms with Crippen molar-refractivity contribution in [1.82, 2.24) is 4.90 Å². The van der Waals surface area contributed by atoms with Crippen molar-refractivity contribution in [3.63, 3.8) is 0 Å². The van der Waals surface area contributed by atoms with Crippen LogP contribution < -0.4 is 5.73 Å². The molecule has 0 aliphatic heterocycles. The minimum atomic E-state index is -0.715. The van der Waals surface area contributed by atoms with E-state index in [1.165, 1.54) is 0 Å². The van der Waals surface area contributed by atoms with Gasteiger partial charge in [-0.05, 0) is 38.6 Å². The van der Waals surface area contributed by atoms with Gasteiger partial charge in [0.25, 0.3) is 0 Å². The third-order valence-corrected chi connectivity index (χ3v) is 4.12. The van der Waals surface area contributed by atoms with Crippen LogP contribution in [-0.2, 0) is 4.79 Å². The topological polar surface area (TPSA) is 66.6 Å². The lowest BCUT2D eigenvalue weighted by Crippen LogP contribution is -2.46. The fourth-order valence-corrected chi connectivity index (χ4v) is 2.86. The second-order valence-electron chi connectivity index (χ2n) is 5.25. The van der Waals surface area contributed by atoms with Crippen molar-refractivity contribution in [1.29, 1.82) is 0 Å². The summed E-state index contributed by atoms with van der Waals surface area (Å²) in [6, 6.07) is 0.953. The molecular formula is C15H32N2O2. The molecule has 1 atom stereocenters. The van der Waals surface area contributed by atoms with Crippen LogP contribution in [0.1, 0.15) is 59.8 Å². The first kappa shape index (κ1) is 18.4. The Morgan fingerprint density at radius 3 is 1.74 bits per heavy atom. The monoisotopic (exact) mass is 272 g/mol. The van der Waals surface area contributed by atoms with Gasteiger partial charge in [0, 0.05) is 18.6 Å². The van der Waals surface area contributed by atoms with Crippen molar-refractivity contribution < 1.29 is 9.90 Å². The second-order valence-corrected chi connectivity index (χ2v) is 5.25. The van der Waals surface area contributed by atoms with Crippen LogP contribution in [0.4, 0.5) is 0 Å². The van der Waals surface area contributed by atoms with Crippen LogP contribution in [0.2, 0.25) is 0 Å². The molecule has 0 saturated carbocycles. The standard InChI is InChI=1S/C15H32N2O2/c1-5-13(6-2)17(14(7-3)8-4)11-12(9-10-16)15(18)19/h12-14H,5-11,16H2,1-4H3,(H,18,19). The first-order chi connectivity index (χ1) is 9.05. The predicted molar refractivity (Wildman–Crippen MR) is 80.2 cm³/mol. The SMILES string of the molecule is CCC(CC)N(CC(CCN)C(=O)O)C(CC)CC. The van der Waals surface area contributed by atoms with E-state index in [2.05, 4.69) is 32.6 Å². The zero-order valence-electron chi connectivity index (χ0n) is 13.1. The van der Waals surface area contributed by atoms with Crippen molar-refractivity contribution in [2.24, 2.45) is 11.7 Å². The molecule has 0 fully saturated rings. The molecule has 4 nitrogen and oxygen atoms in total. The van der Waals surface area contributed by atoms with E-state index in [1.807, 2.05) is 0 Å². The number of carboxylic acids is 1. The number of aliphatic carboxylic acids is 1. The molecule has 0 radical (unpaired) electrons. The molecule has 0 bridgehead atoms. The van der Waals surface area contributed by atoms with Crippen LogP contribution in [0.15, 0.2) is 0 Å². The predicted octanol–water partition coefficient (Wildman–Crippen LogP) is 2.72. The first-order valence-corrected chi connectivity index (χ1v) is 7.74. The van der Waals surface area contributed by atoms with E-state index >= 15 is 0 Å². The maximum absolute atomic E-state index is 11.3. The van der Waals surface area contributed by atoms with Crippen molar-refractivity contribution in [3.8, 4) is 0 Å². The van der Waals surface area contributed by atoms with Gasteiger partial charge in [0.05, 0.1) is 5.92 Å². The van der Waals surface area contributed by atoms with E-state index in [1.54, 1.807) is 0 Å². The minimum Gasteiger partial charge on any atom is -0.481 e. The molecule has 3 N–H and O–H groups in total. The summed E-state index contributed by atoms with van der Waals surface area (Å²) < 4.78 is 0. The molecule has 0 heterocycles. The molecular weight excluding hydrogens is 240 g/mol. The van der Waals surface area contributed by atoms with Gasteiger partial charge in [-0.2, -0.15) is 0 Å². The van der Waals surface area contributed by atoms with Crippen molar-refractivity contribution in [2.75, 3.05) is 13.1 Å². The highest BCUT2D eigenvalue weighted by Crippen LogP contribution is 2.20. The van der Waals surface area contributed by atoms with E-state index < -0.39 is 5.97 Å². The van der Waals surface area contributed by atoms with Crippen LogP contribution in [0, 0.1) is 5.92 Å². The number of carboxylic acid groups (broad SMARTS) is 1. The van der Waals surface area contributed by atoms with Gasteiger partial charge in [-0.3, -0.25) is 9.69 Å². The van der Waals surface area contributed by atoms with E-state index in [0.29, 0.717) is 31.6 Å². The summed E-state index contributed by atoms with van der Waals surface area (Å²) >= 11 is 0. The summed E-state index contributed by atoms with van der Waals surface area (Å²) in [5.41, 5.74) is 5.54. The fourth-order valence-electron chi connectivity index (χ4n) is 2.86. The lowest BCUT2D eigenvalue weighted by Gasteiger charge is -2.38. The van der Waals surface area contributed by atoms with Crippen LogP contribution in [-0.4, -0.2) is 41.1 Å². The molecule has 1 unspecified atom stereocenters. The summed E-state index contributed by atoms with van der Waals surface area (Å²) in [5.74, 6) is -1.06. The minimum absolute atomic E-state index is 0.341. The van der Waals surface area contributed by atoms with E-state index in [9.17, 15) is 9.90 Å². The molecule has 19 heavy (non-hydrogen) atoms. The number of carbonyl (C=O) groups is 1. The lowest BCUT2D eigenvalue weighted by atomic mass is 9.98. The number of nitrogens with zero attached hydrogens (tertiary/aromatic N) is 1. The molecule has 0 spiro atoms. The summed E-state index contributed by atoms with van der Waals surface area (Å²) in [4.78, 5) is 13.8. The maximum atomic E-state index is 11.3. The third kappa shape index (κ3) is 5.91. The quantitative estimate of drug-likeness (QED) is 0.607. The normalized spacial score (nSPS) is 13.5. The summed E-state index contributed by atoms with van der Waals surface area (Å²) in [6.07, 6.45) is 4.85. The van der Waals surface area contributed by atoms with Gasteiger partial charge >= 0.3 is 5.97 Å². The van der Waals surface area contributed by atoms with Crippen molar-refractivity contribution >= 4 is 5.97 Å². The highest BCUT2D eigenvalue weighted by molar-refractivity contribution is 5.70. The van der Waals surface area contributed by atoms with Gasteiger partial charge in [0.1, 0.15) is 0 Å². The van der Waals surface area contributed by atoms with Crippen LogP contribution >= 0.6 is 0 Å². The van der Waals surface area contributed by atoms with E-state index in [4.69, 9.17) is 5.73 Å². The van der Waals surface area contributed by atoms with Gasteiger partial charge in [0.2, 0.25) is 0 Å². The van der Waals surface area contributed by atoms with Crippen molar-refractivity contribution in [3.05, 3.63) is 0 Å². The molecule has 0 aromatic rings. The zero-order chi connectivity index (χ0) is 14.8.